The highest BCUT2D eigenvalue weighted by Gasteiger charge is 2.20. The molecule has 234 valence electrons. The third-order valence-corrected chi connectivity index (χ3v) is 9.84. The molecule has 0 fully saturated rings. The summed E-state index contributed by atoms with van der Waals surface area (Å²) in [6.45, 7) is 15.8. The van der Waals surface area contributed by atoms with Crippen molar-refractivity contribution in [1.82, 2.24) is 4.57 Å². The number of fused-ring (bicyclic) bond motifs is 5. The first-order valence-electron chi connectivity index (χ1n) is 16.6. The monoisotopic (exact) mass is 646 g/mol. The minimum absolute atomic E-state index is 0.534. The Kier molecular flexibility index (Phi) is 6.93. The van der Waals surface area contributed by atoms with Crippen LogP contribution in [0.4, 0.5) is 11.4 Å². The Morgan fingerprint density at radius 2 is 0.980 bits per heavy atom. The Balaban J connectivity index is 1.27. The van der Waals surface area contributed by atoms with Crippen LogP contribution in [0.15, 0.2) is 158 Å². The van der Waals surface area contributed by atoms with E-state index in [2.05, 4.69) is 123 Å². The number of rotatable bonds is 4. The minimum atomic E-state index is 0.534. The molecule has 4 heteroatoms. The summed E-state index contributed by atoms with van der Waals surface area (Å²) in [7, 11) is 0. The Morgan fingerprint density at radius 1 is 0.451 bits per heavy atom. The van der Waals surface area contributed by atoms with Gasteiger partial charge in [-0.05, 0) is 91.1 Å². The third-order valence-electron chi connectivity index (χ3n) is 9.84. The predicted octanol–water partition coefficient (Wildman–Crippen LogP) is 13.1. The zero-order valence-electron chi connectivity index (χ0n) is 27.3. The van der Waals surface area contributed by atoms with Crippen LogP contribution >= 0.6 is 0 Å². The molecule has 1 heterocycles. The van der Waals surface area contributed by atoms with Crippen LogP contribution in [0.25, 0.3) is 92.1 Å². The summed E-state index contributed by atoms with van der Waals surface area (Å²) in [6.07, 6.45) is 0. The summed E-state index contributed by atoms with van der Waals surface area (Å²) in [5, 5.41) is 16.3. The van der Waals surface area contributed by atoms with E-state index in [1.807, 2.05) is 54.6 Å². The molecule has 0 aliphatic heterocycles. The lowest BCUT2D eigenvalue weighted by Crippen LogP contribution is -1.97. The van der Waals surface area contributed by atoms with Gasteiger partial charge in [-0.25, -0.2) is 9.69 Å². The van der Waals surface area contributed by atoms with Crippen molar-refractivity contribution in [2.24, 2.45) is 0 Å². The van der Waals surface area contributed by atoms with Crippen LogP contribution in [0.3, 0.4) is 0 Å². The van der Waals surface area contributed by atoms with Crippen molar-refractivity contribution in [3.05, 3.63) is 186 Å². The number of nitrogens with zero attached hydrogens (tertiary/aromatic N) is 4. The van der Waals surface area contributed by atoms with Crippen LogP contribution in [0.1, 0.15) is 5.56 Å². The molecular weight excluding hydrogens is 621 g/mol. The van der Waals surface area contributed by atoms with Crippen LogP contribution in [-0.4, -0.2) is 4.57 Å². The highest BCUT2D eigenvalue weighted by Crippen LogP contribution is 2.45. The molecule has 0 saturated heterocycles. The van der Waals surface area contributed by atoms with E-state index in [-0.39, 0.29) is 0 Å². The molecule has 9 rings (SSSR count). The van der Waals surface area contributed by atoms with E-state index in [9.17, 15) is 5.26 Å². The first-order chi connectivity index (χ1) is 25.2. The van der Waals surface area contributed by atoms with Crippen molar-refractivity contribution in [2.75, 3.05) is 0 Å². The first kappa shape index (κ1) is 29.7. The fraction of sp³-hybridized carbons (Fsp3) is 0. The summed E-state index contributed by atoms with van der Waals surface area (Å²) >= 11 is 0. The number of aromatic nitrogens is 1. The van der Waals surface area contributed by atoms with Crippen molar-refractivity contribution in [2.45, 2.75) is 0 Å². The molecule has 0 spiro atoms. The molecule has 0 bridgehead atoms. The SMILES string of the molecule is [C-]#[N+]c1ccc2c(c1)c1cc(C#N)ccc1n2-c1cccc([N+]#[C-])c1-c1ccc(-c2c3ccccc3c(-c3ccccc3)c3ccccc23)cc1. The summed E-state index contributed by atoms with van der Waals surface area (Å²) in [4.78, 5) is 7.66. The zero-order chi connectivity index (χ0) is 34.5. The van der Waals surface area contributed by atoms with E-state index < -0.39 is 0 Å². The topological polar surface area (TPSA) is 37.4 Å². The van der Waals surface area contributed by atoms with Gasteiger partial charge in [0.2, 0.25) is 0 Å². The van der Waals surface area contributed by atoms with Crippen LogP contribution in [-0.2, 0) is 0 Å². The molecule has 0 saturated carbocycles. The Labute approximate surface area is 294 Å². The predicted molar refractivity (Wildman–Crippen MR) is 209 cm³/mol. The van der Waals surface area contributed by atoms with Crippen molar-refractivity contribution in [3.8, 4) is 45.1 Å². The van der Waals surface area contributed by atoms with Gasteiger partial charge < -0.3 is 4.57 Å². The van der Waals surface area contributed by atoms with Crippen LogP contribution in [0, 0.1) is 24.5 Å². The second-order valence-corrected chi connectivity index (χ2v) is 12.6. The van der Waals surface area contributed by atoms with E-state index in [1.165, 1.54) is 38.2 Å². The normalized spacial score (nSPS) is 11.1. The van der Waals surface area contributed by atoms with Crippen molar-refractivity contribution in [1.29, 1.82) is 5.26 Å². The molecule has 9 aromatic rings. The van der Waals surface area contributed by atoms with E-state index in [1.54, 1.807) is 0 Å². The van der Waals surface area contributed by atoms with Crippen LogP contribution in [0.5, 0.6) is 0 Å². The Hall–Kier alpha value is -7.45. The lowest BCUT2D eigenvalue weighted by Gasteiger charge is -2.19. The van der Waals surface area contributed by atoms with E-state index in [0.29, 0.717) is 16.9 Å². The molecule has 0 aliphatic carbocycles. The average Bonchev–Trinajstić information content (AvgIpc) is 3.52. The van der Waals surface area contributed by atoms with Gasteiger partial charge in [0, 0.05) is 16.6 Å². The van der Waals surface area contributed by atoms with Gasteiger partial charge in [0.05, 0.1) is 35.8 Å². The van der Waals surface area contributed by atoms with Gasteiger partial charge in [0.15, 0.2) is 11.4 Å². The smallest absolute Gasteiger partial charge is 0.196 e. The van der Waals surface area contributed by atoms with Crippen LogP contribution < -0.4 is 0 Å². The van der Waals surface area contributed by atoms with Crippen molar-refractivity contribution < 1.29 is 0 Å². The Morgan fingerprint density at radius 3 is 1.55 bits per heavy atom. The molecule has 0 atom stereocenters. The van der Waals surface area contributed by atoms with Crippen LogP contribution in [0.2, 0.25) is 0 Å². The molecule has 4 nitrogen and oxygen atoms in total. The first-order valence-corrected chi connectivity index (χ1v) is 16.6. The van der Waals surface area contributed by atoms with E-state index in [0.717, 1.165) is 44.2 Å². The lowest BCUT2D eigenvalue weighted by molar-refractivity contribution is 1.18. The maximum absolute atomic E-state index is 9.70. The molecule has 0 unspecified atom stereocenters. The largest absolute Gasteiger partial charge is 0.310 e. The second-order valence-electron chi connectivity index (χ2n) is 12.6. The molecule has 1 aromatic heterocycles. The zero-order valence-corrected chi connectivity index (χ0v) is 27.3. The lowest BCUT2D eigenvalue weighted by atomic mass is 9.85. The summed E-state index contributed by atoms with van der Waals surface area (Å²) in [6, 6.07) is 55.9. The second kappa shape index (κ2) is 11.9. The van der Waals surface area contributed by atoms with Crippen molar-refractivity contribution >= 4 is 54.7 Å². The molecule has 8 aromatic carbocycles. The van der Waals surface area contributed by atoms with Gasteiger partial charge in [0.1, 0.15) is 0 Å². The number of nitriles is 1. The number of hydrogen-bond donors (Lipinski definition) is 0. The van der Waals surface area contributed by atoms with Gasteiger partial charge in [-0.2, -0.15) is 5.26 Å². The number of benzene rings is 8. The maximum Gasteiger partial charge on any atom is 0.196 e. The highest BCUT2D eigenvalue weighted by atomic mass is 15.0. The van der Waals surface area contributed by atoms with Gasteiger partial charge >= 0.3 is 0 Å². The summed E-state index contributed by atoms with van der Waals surface area (Å²) in [5.41, 5.74) is 10.8. The number of hydrogen-bond acceptors (Lipinski definition) is 1. The van der Waals surface area contributed by atoms with Gasteiger partial charge in [-0.15, -0.1) is 0 Å². The molecule has 51 heavy (non-hydrogen) atoms. The molecule has 0 amide bonds. The summed E-state index contributed by atoms with van der Waals surface area (Å²) in [5.74, 6) is 0. The fourth-order valence-corrected chi connectivity index (χ4v) is 7.67. The van der Waals surface area contributed by atoms with Crippen molar-refractivity contribution in [3.63, 3.8) is 0 Å². The van der Waals surface area contributed by atoms with E-state index >= 15 is 0 Å². The highest BCUT2D eigenvalue weighted by molar-refractivity contribution is 6.21. The molecule has 0 aliphatic rings. The maximum atomic E-state index is 9.70. The van der Waals surface area contributed by atoms with E-state index in [4.69, 9.17) is 13.1 Å². The third kappa shape index (κ3) is 4.66. The molecule has 0 radical (unpaired) electrons. The van der Waals surface area contributed by atoms with Gasteiger partial charge in [-0.1, -0.05) is 121 Å². The standard InChI is InChI=1S/C47H26N4/c1-49-34-24-26-43-40(28-34)39-27-30(29-48)19-25-42(39)51(43)44-18-10-17-41(50-2)47(44)33-22-20-32(21-23-33)46-37-15-8-6-13-35(37)45(31-11-4-3-5-12-31)36-14-7-9-16-38(36)46/h3-28H. The van der Waals surface area contributed by atoms with Gasteiger partial charge in [-0.3, -0.25) is 0 Å². The molecular formula is C47H26N4. The quantitative estimate of drug-likeness (QED) is 0.138. The minimum Gasteiger partial charge on any atom is -0.310 e. The van der Waals surface area contributed by atoms with Gasteiger partial charge in [0.25, 0.3) is 0 Å². The fourth-order valence-electron chi connectivity index (χ4n) is 7.67. The molecule has 0 N–H and O–H groups in total. The summed E-state index contributed by atoms with van der Waals surface area (Å²) < 4.78 is 2.15. The Bertz CT molecular complexity index is 2860. The average molecular weight is 647 g/mol.